The molecule has 0 aliphatic carbocycles. The molecule has 0 N–H and O–H groups in total. The van der Waals surface area contributed by atoms with Crippen LogP contribution in [0.25, 0.3) is 0 Å². The van der Waals surface area contributed by atoms with Crippen LogP contribution in [-0.2, 0) is 6.18 Å². The molecule has 0 saturated heterocycles. The number of alkyl halides is 3. The molecule has 0 heterocycles. The normalized spacial score (nSPS) is 11.0. The van der Waals surface area contributed by atoms with Crippen molar-refractivity contribution in [1.29, 1.82) is 5.26 Å². The van der Waals surface area contributed by atoms with Gasteiger partial charge in [-0.3, -0.25) is 20.2 Å². The zero-order chi connectivity index (χ0) is 21.4. The molecular weight excluding hydrogens is 473 g/mol. The third kappa shape index (κ3) is 4.00. The van der Waals surface area contributed by atoms with Crippen LogP contribution in [0.3, 0.4) is 0 Å². The van der Waals surface area contributed by atoms with E-state index < -0.39 is 38.6 Å². The second-order valence-electron chi connectivity index (χ2n) is 5.33. The van der Waals surface area contributed by atoms with E-state index >= 15 is 0 Å². The number of non-ortho nitro benzene ring substituents is 1. The number of hydrogen-bond donors (Lipinski definition) is 0. The molecule has 0 fully saturated rings. The molecule has 0 aromatic heterocycles. The standard InChI is InChI=1S/C15H7BrClF3N4O4/c1-22(14-10(16)2-7(6-21)3-11(14)17)13-9(15(18,19)20)4-8(23(25)26)5-12(13)24(27)28/h2-5H,1H3. The first-order valence-corrected chi connectivity index (χ1v) is 8.22. The molecule has 0 atom stereocenters. The zero-order valence-electron chi connectivity index (χ0n) is 13.6. The highest BCUT2D eigenvalue weighted by atomic mass is 79.9. The molecule has 2 rings (SSSR count). The summed E-state index contributed by atoms with van der Waals surface area (Å²) in [5.74, 6) is 0. The van der Waals surface area contributed by atoms with Crippen molar-refractivity contribution in [1.82, 2.24) is 0 Å². The van der Waals surface area contributed by atoms with Gasteiger partial charge in [-0.15, -0.1) is 0 Å². The van der Waals surface area contributed by atoms with Crippen LogP contribution in [0.5, 0.6) is 0 Å². The van der Waals surface area contributed by atoms with E-state index in [0.717, 1.165) is 11.9 Å². The Kier molecular flexibility index (Phi) is 5.81. The monoisotopic (exact) mass is 478 g/mol. The van der Waals surface area contributed by atoms with Crippen molar-refractivity contribution in [2.24, 2.45) is 0 Å². The minimum atomic E-state index is -5.13. The van der Waals surface area contributed by atoms with Gasteiger partial charge in [-0.2, -0.15) is 18.4 Å². The van der Waals surface area contributed by atoms with Gasteiger partial charge in [0.15, 0.2) is 0 Å². The lowest BCUT2D eigenvalue weighted by molar-refractivity contribution is -0.394. The molecular formula is C15H7BrClF3N4O4. The number of rotatable bonds is 4. The lowest BCUT2D eigenvalue weighted by Crippen LogP contribution is -2.19. The van der Waals surface area contributed by atoms with Gasteiger partial charge in [0.05, 0.1) is 43.8 Å². The number of hydrogen-bond acceptors (Lipinski definition) is 6. The van der Waals surface area contributed by atoms with E-state index in [9.17, 15) is 33.4 Å². The number of nitro benzene ring substituents is 2. The highest BCUT2D eigenvalue weighted by Crippen LogP contribution is 2.48. The van der Waals surface area contributed by atoms with E-state index in [1.165, 1.54) is 12.1 Å². The van der Waals surface area contributed by atoms with Crippen molar-refractivity contribution >= 4 is 50.3 Å². The molecule has 0 radical (unpaired) electrons. The Morgan fingerprint density at radius 3 is 2.18 bits per heavy atom. The van der Waals surface area contributed by atoms with Gasteiger partial charge >= 0.3 is 6.18 Å². The SMILES string of the molecule is CN(c1c(Cl)cc(C#N)cc1Br)c1c([N+](=O)[O-])cc([N+](=O)[O-])cc1C(F)(F)F. The molecule has 8 nitrogen and oxygen atoms in total. The Bertz CT molecular complexity index is 1020. The quantitative estimate of drug-likeness (QED) is 0.418. The molecule has 2 aromatic carbocycles. The highest BCUT2D eigenvalue weighted by molar-refractivity contribution is 9.10. The van der Waals surface area contributed by atoms with Crippen molar-refractivity contribution in [2.75, 3.05) is 11.9 Å². The average Bonchev–Trinajstić information content (AvgIpc) is 2.58. The van der Waals surface area contributed by atoms with Crippen LogP contribution in [0.1, 0.15) is 11.1 Å². The Labute approximate surface area is 168 Å². The molecule has 0 spiro atoms. The van der Waals surface area contributed by atoms with Crippen LogP contribution in [0, 0.1) is 31.6 Å². The van der Waals surface area contributed by atoms with E-state index in [4.69, 9.17) is 16.9 Å². The number of anilines is 2. The van der Waals surface area contributed by atoms with E-state index in [-0.39, 0.29) is 26.8 Å². The smallest absolute Gasteiger partial charge is 0.336 e. The first-order valence-electron chi connectivity index (χ1n) is 7.05. The van der Waals surface area contributed by atoms with Gasteiger partial charge in [0.2, 0.25) is 0 Å². The summed E-state index contributed by atoms with van der Waals surface area (Å²) in [6, 6.07) is 4.89. The van der Waals surface area contributed by atoms with Crippen LogP contribution in [0.4, 0.5) is 35.9 Å². The van der Waals surface area contributed by atoms with Gasteiger partial charge in [0.1, 0.15) is 5.69 Å². The molecule has 13 heteroatoms. The minimum absolute atomic E-state index is 0.0943. The van der Waals surface area contributed by atoms with E-state index in [0.29, 0.717) is 6.07 Å². The maximum Gasteiger partial charge on any atom is 0.418 e. The van der Waals surface area contributed by atoms with Gasteiger partial charge in [-0.05, 0) is 28.1 Å². The summed E-state index contributed by atoms with van der Waals surface area (Å²) in [7, 11) is 1.08. The first kappa shape index (κ1) is 21.4. The number of benzene rings is 2. The number of nitrogens with zero attached hydrogens (tertiary/aromatic N) is 4. The third-order valence-electron chi connectivity index (χ3n) is 3.60. The Morgan fingerprint density at radius 2 is 1.75 bits per heavy atom. The maximum absolute atomic E-state index is 13.6. The fraction of sp³-hybridized carbons (Fsp3) is 0.133. The predicted molar refractivity (Wildman–Crippen MR) is 96.7 cm³/mol. The van der Waals surface area contributed by atoms with E-state index in [2.05, 4.69) is 15.9 Å². The molecule has 0 amide bonds. The van der Waals surface area contributed by atoms with Crippen molar-refractivity contribution in [3.05, 3.63) is 65.1 Å². The molecule has 0 bridgehead atoms. The molecule has 0 saturated carbocycles. The van der Waals surface area contributed by atoms with Crippen molar-refractivity contribution in [3.63, 3.8) is 0 Å². The fourth-order valence-electron chi connectivity index (χ4n) is 2.48. The van der Waals surface area contributed by atoms with Crippen LogP contribution in [-0.4, -0.2) is 16.9 Å². The third-order valence-corrected chi connectivity index (χ3v) is 4.50. The predicted octanol–water partition coefficient (Wildman–Crippen LogP) is 5.58. The van der Waals surface area contributed by atoms with E-state index in [1.54, 1.807) is 6.07 Å². The van der Waals surface area contributed by atoms with Gasteiger partial charge in [-0.1, -0.05) is 11.6 Å². The molecule has 28 heavy (non-hydrogen) atoms. The number of nitriles is 1. The maximum atomic E-state index is 13.6. The van der Waals surface area contributed by atoms with E-state index in [1.807, 2.05) is 0 Å². The summed E-state index contributed by atoms with van der Waals surface area (Å²) >= 11 is 9.13. The lowest BCUT2D eigenvalue weighted by atomic mass is 10.1. The fourth-order valence-corrected chi connectivity index (χ4v) is 3.67. The van der Waals surface area contributed by atoms with Gasteiger partial charge in [0, 0.05) is 17.6 Å². The Morgan fingerprint density at radius 1 is 1.14 bits per heavy atom. The van der Waals surface area contributed by atoms with Crippen LogP contribution < -0.4 is 4.90 Å². The second kappa shape index (κ2) is 7.61. The second-order valence-corrected chi connectivity index (χ2v) is 6.59. The summed E-state index contributed by atoms with van der Waals surface area (Å²) in [5, 5.41) is 31.1. The molecule has 0 aliphatic heterocycles. The van der Waals surface area contributed by atoms with Crippen LogP contribution in [0.15, 0.2) is 28.7 Å². The summed E-state index contributed by atoms with van der Waals surface area (Å²) in [6.45, 7) is 0. The highest BCUT2D eigenvalue weighted by Gasteiger charge is 2.41. The van der Waals surface area contributed by atoms with Crippen molar-refractivity contribution in [3.8, 4) is 6.07 Å². The largest absolute Gasteiger partial charge is 0.418 e. The number of halogens is 5. The first-order chi connectivity index (χ1) is 12.9. The topological polar surface area (TPSA) is 113 Å². The lowest BCUT2D eigenvalue weighted by Gasteiger charge is -2.25. The summed E-state index contributed by atoms with van der Waals surface area (Å²) < 4.78 is 40.8. The Balaban J connectivity index is 2.89. The average molecular weight is 480 g/mol. The number of nitro groups is 2. The summed E-state index contributed by atoms with van der Waals surface area (Å²) in [5.41, 5.74) is -4.72. The van der Waals surface area contributed by atoms with Crippen molar-refractivity contribution in [2.45, 2.75) is 6.18 Å². The molecule has 0 aliphatic rings. The van der Waals surface area contributed by atoms with Crippen LogP contribution in [0.2, 0.25) is 5.02 Å². The molecule has 2 aromatic rings. The minimum Gasteiger partial charge on any atom is -0.336 e. The van der Waals surface area contributed by atoms with Crippen molar-refractivity contribution < 1.29 is 23.0 Å². The van der Waals surface area contributed by atoms with Gasteiger partial charge < -0.3 is 4.90 Å². The molecule has 0 unspecified atom stereocenters. The van der Waals surface area contributed by atoms with Gasteiger partial charge in [-0.25, -0.2) is 0 Å². The van der Waals surface area contributed by atoms with Crippen LogP contribution >= 0.6 is 27.5 Å². The van der Waals surface area contributed by atoms with Gasteiger partial charge in [0.25, 0.3) is 11.4 Å². The Hall–Kier alpha value is -2.91. The summed E-state index contributed by atoms with van der Waals surface area (Å²) in [6.07, 6.45) is -5.13. The summed E-state index contributed by atoms with van der Waals surface area (Å²) in [4.78, 5) is 20.8. The molecule has 146 valence electrons. The zero-order valence-corrected chi connectivity index (χ0v) is 16.0.